The first-order valence-electron chi connectivity index (χ1n) is 12.0. The predicted molar refractivity (Wildman–Crippen MR) is 125 cm³/mol. The average molecular weight is 463 g/mol. The summed E-state index contributed by atoms with van der Waals surface area (Å²) in [5.41, 5.74) is 0. The zero-order chi connectivity index (χ0) is 23.9. The van der Waals surface area contributed by atoms with Crippen LogP contribution in [-0.2, 0) is 19.1 Å². The summed E-state index contributed by atoms with van der Waals surface area (Å²) in [6.45, 7) is 3.00. The molecule has 0 spiro atoms. The third kappa shape index (κ3) is 9.72. The van der Waals surface area contributed by atoms with Crippen LogP contribution in [0.25, 0.3) is 0 Å². The highest BCUT2D eigenvalue weighted by Gasteiger charge is 2.35. The van der Waals surface area contributed by atoms with Crippen LogP contribution in [0, 0.1) is 0 Å². The van der Waals surface area contributed by atoms with Gasteiger partial charge >= 0.3 is 5.97 Å². The van der Waals surface area contributed by atoms with Gasteiger partial charge in [-0.05, 0) is 30.7 Å². The fourth-order valence-corrected chi connectivity index (χ4v) is 3.75. The Morgan fingerprint density at radius 3 is 2.30 bits per heavy atom. The van der Waals surface area contributed by atoms with Gasteiger partial charge < -0.3 is 24.4 Å². The zero-order valence-electron chi connectivity index (χ0n) is 20.0. The number of hydrogen-bond acceptors (Lipinski definition) is 6. The molecule has 0 bridgehead atoms. The number of carbonyl (C=O) groups is 3. The fraction of sp³-hybridized carbons (Fsp3) is 0.640. The first kappa shape index (κ1) is 26.5. The van der Waals surface area contributed by atoms with E-state index >= 15 is 0 Å². The van der Waals surface area contributed by atoms with Crippen molar-refractivity contribution in [2.75, 3.05) is 33.4 Å². The second-order valence-corrected chi connectivity index (χ2v) is 8.26. The van der Waals surface area contributed by atoms with Crippen molar-refractivity contribution in [3.63, 3.8) is 0 Å². The van der Waals surface area contributed by atoms with Crippen LogP contribution in [0.5, 0.6) is 11.5 Å². The van der Waals surface area contributed by atoms with Crippen molar-refractivity contribution < 1.29 is 28.6 Å². The Bertz CT molecular complexity index is 737. The van der Waals surface area contributed by atoms with Gasteiger partial charge in [-0.3, -0.25) is 14.4 Å². The summed E-state index contributed by atoms with van der Waals surface area (Å²) in [5.74, 6) is 0.0531. The van der Waals surface area contributed by atoms with Gasteiger partial charge in [-0.15, -0.1) is 0 Å². The zero-order valence-corrected chi connectivity index (χ0v) is 20.0. The number of piperazine rings is 1. The van der Waals surface area contributed by atoms with E-state index in [2.05, 4.69) is 12.2 Å². The van der Waals surface area contributed by atoms with Crippen molar-refractivity contribution in [2.24, 2.45) is 0 Å². The molecule has 1 aromatic carbocycles. The van der Waals surface area contributed by atoms with E-state index < -0.39 is 12.0 Å². The van der Waals surface area contributed by atoms with Crippen LogP contribution in [-0.4, -0.2) is 62.1 Å². The van der Waals surface area contributed by atoms with Gasteiger partial charge in [0.1, 0.15) is 17.5 Å². The van der Waals surface area contributed by atoms with Gasteiger partial charge in [0.05, 0.1) is 20.1 Å². The van der Waals surface area contributed by atoms with Crippen molar-refractivity contribution >= 4 is 17.8 Å². The van der Waals surface area contributed by atoms with Gasteiger partial charge in [-0.2, -0.15) is 0 Å². The summed E-state index contributed by atoms with van der Waals surface area (Å²) < 4.78 is 16.0. The molecular formula is C25H38N2O6. The molecular weight excluding hydrogens is 424 g/mol. The number of amides is 2. The van der Waals surface area contributed by atoms with Crippen molar-refractivity contribution in [3.05, 3.63) is 24.3 Å². The van der Waals surface area contributed by atoms with Gasteiger partial charge in [0.15, 0.2) is 6.61 Å². The van der Waals surface area contributed by atoms with E-state index in [1.807, 2.05) is 0 Å². The van der Waals surface area contributed by atoms with Crippen LogP contribution < -0.4 is 14.8 Å². The lowest BCUT2D eigenvalue weighted by Crippen LogP contribution is -2.58. The van der Waals surface area contributed by atoms with Crippen molar-refractivity contribution in [2.45, 2.75) is 70.8 Å². The Labute approximate surface area is 196 Å². The Balaban J connectivity index is 1.72. The average Bonchev–Trinajstić information content (AvgIpc) is 2.83. The molecule has 1 fully saturated rings. The van der Waals surface area contributed by atoms with Gasteiger partial charge in [0, 0.05) is 13.1 Å². The Morgan fingerprint density at radius 2 is 1.64 bits per heavy atom. The van der Waals surface area contributed by atoms with E-state index in [-0.39, 0.29) is 24.8 Å². The van der Waals surface area contributed by atoms with Crippen LogP contribution in [0.2, 0.25) is 0 Å². The number of hydrogen-bond donors (Lipinski definition) is 1. The Morgan fingerprint density at radius 1 is 1.00 bits per heavy atom. The summed E-state index contributed by atoms with van der Waals surface area (Å²) in [6.07, 6.45) is 9.12. The number of carbonyl (C=O) groups excluding carboxylic acids is 3. The lowest BCUT2D eigenvalue weighted by atomic mass is 10.1. The smallest absolute Gasteiger partial charge is 0.308 e. The molecule has 1 unspecified atom stereocenters. The normalized spacial score (nSPS) is 15.6. The van der Waals surface area contributed by atoms with E-state index in [0.717, 1.165) is 19.3 Å². The van der Waals surface area contributed by atoms with Crippen molar-refractivity contribution in [1.82, 2.24) is 10.2 Å². The maximum Gasteiger partial charge on any atom is 0.308 e. The van der Waals surface area contributed by atoms with E-state index in [1.54, 1.807) is 31.4 Å². The monoisotopic (exact) mass is 462 g/mol. The number of esters is 1. The summed E-state index contributed by atoms with van der Waals surface area (Å²) in [6, 6.07) is 6.00. The molecule has 0 saturated carbocycles. The lowest BCUT2D eigenvalue weighted by molar-refractivity contribution is -0.152. The highest BCUT2D eigenvalue weighted by molar-refractivity contribution is 5.92. The minimum absolute atomic E-state index is 0.156. The highest BCUT2D eigenvalue weighted by atomic mass is 16.5. The third-order valence-corrected chi connectivity index (χ3v) is 5.69. The summed E-state index contributed by atoms with van der Waals surface area (Å²) in [5, 5.41) is 2.72. The molecule has 1 N–H and O–H groups in total. The molecule has 8 nitrogen and oxygen atoms in total. The second-order valence-electron chi connectivity index (χ2n) is 8.26. The molecule has 1 saturated heterocycles. The summed E-state index contributed by atoms with van der Waals surface area (Å²) in [7, 11) is 1.57. The van der Waals surface area contributed by atoms with Crippen LogP contribution >= 0.6 is 0 Å². The number of unbranched alkanes of at least 4 members (excludes halogenated alkanes) is 7. The molecule has 8 heteroatoms. The Kier molecular flexibility index (Phi) is 12.1. The SMILES string of the molecule is CCCCCCCCCCOC(=O)CC1C(=O)NCCN1C(=O)COc1ccc(OC)cc1. The lowest BCUT2D eigenvalue weighted by Gasteiger charge is -2.34. The molecule has 33 heavy (non-hydrogen) atoms. The molecule has 0 radical (unpaired) electrons. The van der Waals surface area contributed by atoms with E-state index in [4.69, 9.17) is 14.2 Å². The maximum atomic E-state index is 12.7. The standard InChI is InChI=1S/C25H38N2O6/c1-3-4-5-6-7-8-9-10-17-32-24(29)18-22-25(30)26-15-16-27(22)23(28)19-33-21-13-11-20(31-2)12-14-21/h11-14,22H,3-10,15-19H2,1-2H3,(H,26,30). The third-order valence-electron chi connectivity index (χ3n) is 5.69. The molecule has 1 aliphatic heterocycles. The first-order chi connectivity index (χ1) is 16.0. The van der Waals surface area contributed by atoms with Crippen molar-refractivity contribution in [1.29, 1.82) is 0 Å². The van der Waals surface area contributed by atoms with Crippen LogP contribution in [0.15, 0.2) is 24.3 Å². The van der Waals surface area contributed by atoms with Crippen LogP contribution in [0.3, 0.4) is 0 Å². The molecule has 1 heterocycles. The number of nitrogens with one attached hydrogen (secondary N) is 1. The molecule has 2 rings (SSSR count). The van der Waals surface area contributed by atoms with Gasteiger partial charge in [0.25, 0.3) is 5.91 Å². The second kappa shape index (κ2) is 15.1. The molecule has 1 aromatic rings. The number of rotatable bonds is 15. The van der Waals surface area contributed by atoms with Crippen LogP contribution in [0.4, 0.5) is 0 Å². The number of benzene rings is 1. The number of methoxy groups -OCH3 is 1. The molecule has 1 aliphatic rings. The molecule has 184 valence electrons. The van der Waals surface area contributed by atoms with E-state index in [0.29, 0.717) is 31.2 Å². The molecule has 1 atom stereocenters. The summed E-state index contributed by atoms with van der Waals surface area (Å²) in [4.78, 5) is 38.7. The number of nitrogens with zero attached hydrogens (tertiary/aromatic N) is 1. The Hall–Kier alpha value is -2.77. The molecule has 2 amide bonds. The van der Waals surface area contributed by atoms with Gasteiger partial charge in [0.2, 0.25) is 5.91 Å². The highest BCUT2D eigenvalue weighted by Crippen LogP contribution is 2.18. The number of ether oxygens (including phenoxy) is 3. The topological polar surface area (TPSA) is 94.2 Å². The first-order valence-corrected chi connectivity index (χ1v) is 12.0. The van der Waals surface area contributed by atoms with E-state index in [9.17, 15) is 14.4 Å². The molecule has 0 aromatic heterocycles. The minimum Gasteiger partial charge on any atom is -0.497 e. The van der Waals surface area contributed by atoms with Gasteiger partial charge in [-0.1, -0.05) is 51.9 Å². The predicted octanol–water partition coefficient (Wildman–Crippen LogP) is 3.48. The quantitative estimate of drug-likeness (QED) is 0.317. The van der Waals surface area contributed by atoms with Gasteiger partial charge in [-0.25, -0.2) is 0 Å². The fourth-order valence-electron chi connectivity index (χ4n) is 3.75. The molecule has 0 aliphatic carbocycles. The minimum atomic E-state index is -0.878. The van der Waals surface area contributed by atoms with Crippen LogP contribution in [0.1, 0.15) is 64.7 Å². The van der Waals surface area contributed by atoms with Crippen molar-refractivity contribution in [3.8, 4) is 11.5 Å². The maximum absolute atomic E-state index is 12.7. The van der Waals surface area contributed by atoms with E-state index in [1.165, 1.54) is 37.0 Å². The largest absolute Gasteiger partial charge is 0.497 e. The summed E-state index contributed by atoms with van der Waals surface area (Å²) >= 11 is 0.